The second-order valence-electron chi connectivity index (χ2n) is 5.62. The second kappa shape index (κ2) is 9.60. The number of amides is 2. The van der Waals surface area contributed by atoms with Gasteiger partial charge in [-0.15, -0.1) is 0 Å². The van der Waals surface area contributed by atoms with Crippen molar-refractivity contribution in [3.63, 3.8) is 0 Å². The first-order valence-corrected chi connectivity index (χ1v) is 8.22. The molecule has 2 aromatic rings. The largest absolute Gasteiger partial charge is 0.494 e. The smallest absolute Gasteiger partial charge is 0.387 e. The standard InChI is InChI=1S/C19H22F2N2O3/c1-3-25-16-9-7-14(8-10-16)13-23(2)19(24)22-12-15-5-4-6-17(11-15)26-18(20)21/h4-11,18H,3,12-13H2,1-2H3,(H,22,24). The molecule has 2 amide bonds. The molecule has 0 aliphatic heterocycles. The zero-order chi connectivity index (χ0) is 18.9. The van der Waals surface area contributed by atoms with Crippen molar-refractivity contribution < 1.29 is 23.0 Å². The number of halogens is 2. The van der Waals surface area contributed by atoms with Gasteiger partial charge < -0.3 is 19.7 Å². The zero-order valence-corrected chi connectivity index (χ0v) is 14.7. The minimum absolute atomic E-state index is 0.0643. The summed E-state index contributed by atoms with van der Waals surface area (Å²) < 4.78 is 34.2. The number of hydrogen-bond donors (Lipinski definition) is 1. The molecule has 0 atom stereocenters. The molecule has 26 heavy (non-hydrogen) atoms. The summed E-state index contributed by atoms with van der Waals surface area (Å²) in [5.41, 5.74) is 1.64. The highest BCUT2D eigenvalue weighted by Crippen LogP contribution is 2.16. The Balaban J connectivity index is 1.85. The van der Waals surface area contributed by atoms with E-state index >= 15 is 0 Å². The predicted molar refractivity (Wildman–Crippen MR) is 94.4 cm³/mol. The highest BCUT2D eigenvalue weighted by molar-refractivity contribution is 5.73. The average Bonchev–Trinajstić information content (AvgIpc) is 2.61. The minimum atomic E-state index is -2.87. The van der Waals surface area contributed by atoms with Gasteiger partial charge in [0.15, 0.2) is 0 Å². The molecule has 0 saturated carbocycles. The lowest BCUT2D eigenvalue weighted by molar-refractivity contribution is -0.0498. The lowest BCUT2D eigenvalue weighted by atomic mass is 10.2. The van der Waals surface area contributed by atoms with Crippen LogP contribution in [0.2, 0.25) is 0 Å². The Labute approximate surface area is 151 Å². The number of nitrogens with one attached hydrogen (secondary N) is 1. The first-order chi connectivity index (χ1) is 12.5. The van der Waals surface area contributed by atoms with E-state index in [1.165, 1.54) is 17.0 Å². The van der Waals surface area contributed by atoms with Crippen molar-refractivity contribution >= 4 is 6.03 Å². The summed E-state index contributed by atoms with van der Waals surface area (Å²) in [5.74, 6) is 0.851. The average molecular weight is 364 g/mol. The van der Waals surface area contributed by atoms with E-state index in [0.29, 0.717) is 18.7 Å². The summed E-state index contributed by atoms with van der Waals surface area (Å²) in [4.78, 5) is 13.7. The van der Waals surface area contributed by atoms with E-state index in [2.05, 4.69) is 10.1 Å². The first kappa shape index (κ1) is 19.5. The molecule has 140 valence electrons. The third kappa shape index (κ3) is 6.23. The van der Waals surface area contributed by atoms with Crippen molar-refractivity contribution in [3.8, 4) is 11.5 Å². The fraction of sp³-hybridized carbons (Fsp3) is 0.316. The van der Waals surface area contributed by atoms with Gasteiger partial charge in [0.25, 0.3) is 0 Å². The highest BCUT2D eigenvalue weighted by Gasteiger charge is 2.10. The van der Waals surface area contributed by atoms with Gasteiger partial charge >= 0.3 is 12.6 Å². The first-order valence-electron chi connectivity index (χ1n) is 8.22. The van der Waals surface area contributed by atoms with E-state index in [4.69, 9.17) is 4.74 Å². The molecule has 0 aromatic heterocycles. The SMILES string of the molecule is CCOc1ccc(CN(C)C(=O)NCc2cccc(OC(F)F)c2)cc1. The number of urea groups is 1. The molecule has 0 aliphatic carbocycles. The lowest BCUT2D eigenvalue weighted by Crippen LogP contribution is -2.36. The molecular weight excluding hydrogens is 342 g/mol. The molecular formula is C19H22F2N2O3. The molecule has 2 rings (SSSR count). The van der Waals surface area contributed by atoms with Gasteiger partial charge in [0.1, 0.15) is 11.5 Å². The van der Waals surface area contributed by atoms with E-state index in [0.717, 1.165) is 11.3 Å². The molecule has 2 aromatic carbocycles. The maximum atomic E-state index is 12.2. The van der Waals surface area contributed by atoms with Crippen molar-refractivity contribution in [1.82, 2.24) is 10.2 Å². The van der Waals surface area contributed by atoms with Crippen LogP contribution < -0.4 is 14.8 Å². The van der Waals surface area contributed by atoms with E-state index < -0.39 is 6.61 Å². The predicted octanol–water partition coefficient (Wildman–Crippen LogP) is 4.03. The van der Waals surface area contributed by atoms with Crippen LogP contribution in [0.15, 0.2) is 48.5 Å². The molecule has 0 radical (unpaired) electrons. The van der Waals surface area contributed by atoms with Crippen molar-refractivity contribution in [1.29, 1.82) is 0 Å². The second-order valence-corrected chi connectivity index (χ2v) is 5.62. The van der Waals surface area contributed by atoms with E-state index in [1.807, 2.05) is 31.2 Å². The fourth-order valence-electron chi connectivity index (χ4n) is 2.35. The van der Waals surface area contributed by atoms with Crippen LogP contribution in [0.5, 0.6) is 11.5 Å². The van der Waals surface area contributed by atoms with Crippen LogP contribution in [-0.2, 0) is 13.1 Å². The van der Waals surface area contributed by atoms with Crippen LogP contribution in [-0.4, -0.2) is 31.2 Å². The fourth-order valence-corrected chi connectivity index (χ4v) is 2.35. The number of rotatable bonds is 8. The molecule has 0 heterocycles. The Bertz CT molecular complexity index is 708. The van der Waals surface area contributed by atoms with Crippen molar-refractivity contribution in [2.45, 2.75) is 26.6 Å². The number of carbonyl (C=O) groups is 1. The molecule has 0 aliphatic rings. The summed E-state index contributed by atoms with van der Waals surface area (Å²) in [5, 5.41) is 2.75. The van der Waals surface area contributed by atoms with E-state index in [9.17, 15) is 13.6 Å². The van der Waals surface area contributed by atoms with Crippen LogP contribution in [0.3, 0.4) is 0 Å². The maximum Gasteiger partial charge on any atom is 0.387 e. The maximum absolute atomic E-state index is 12.2. The van der Waals surface area contributed by atoms with Crippen LogP contribution in [0, 0.1) is 0 Å². The number of ether oxygens (including phenoxy) is 2. The Morgan fingerprint density at radius 3 is 2.50 bits per heavy atom. The number of hydrogen-bond acceptors (Lipinski definition) is 3. The molecule has 0 saturated heterocycles. The quantitative estimate of drug-likeness (QED) is 0.769. The Morgan fingerprint density at radius 2 is 1.85 bits per heavy atom. The number of alkyl halides is 2. The van der Waals surface area contributed by atoms with Gasteiger partial charge in [0, 0.05) is 20.1 Å². The van der Waals surface area contributed by atoms with Gasteiger partial charge in [0.05, 0.1) is 6.61 Å². The minimum Gasteiger partial charge on any atom is -0.494 e. The van der Waals surface area contributed by atoms with Gasteiger partial charge in [-0.05, 0) is 42.3 Å². The highest BCUT2D eigenvalue weighted by atomic mass is 19.3. The molecule has 5 nitrogen and oxygen atoms in total. The van der Waals surface area contributed by atoms with E-state index in [1.54, 1.807) is 19.2 Å². The zero-order valence-electron chi connectivity index (χ0n) is 14.7. The number of nitrogens with zero attached hydrogens (tertiary/aromatic N) is 1. The summed E-state index contributed by atoms with van der Waals surface area (Å²) >= 11 is 0. The molecule has 0 unspecified atom stereocenters. The topological polar surface area (TPSA) is 50.8 Å². The van der Waals surface area contributed by atoms with Gasteiger partial charge in [-0.1, -0.05) is 24.3 Å². The number of benzene rings is 2. The Morgan fingerprint density at radius 1 is 1.12 bits per heavy atom. The van der Waals surface area contributed by atoms with Gasteiger partial charge in [-0.3, -0.25) is 0 Å². The van der Waals surface area contributed by atoms with Crippen LogP contribution in [0.25, 0.3) is 0 Å². The molecule has 0 bridgehead atoms. The molecule has 0 spiro atoms. The molecule has 7 heteroatoms. The van der Waals surface area contributed by atoms with Crippen molar-refractivity contribution in [3.05, 3.63) is 59.7 Å². The van der Waals surface area contributed by atoms with Crippen LogP contribution in [0.1, 0.15) is 18.1 Å². The van der Waals surface area contributed by atoms with Crippen molar-refractivity contribution in [2.75, 3.05) is 13.7 Å². The van der Waals surface area contributed by atoms with Crippen LogP contribution >= 0.6 is 0 Å². The third-order valence-electron chi connectivity index (χ3n) is 3.57. The normalized spacial score (nSPS) is 10.5. The Hall–Kier alpha value is -2.83. The number of carbonyl (C=O) groups excluding carboxylic acids is 1. The van der Waals surface area contributed by atoms with Crippen molar-refractivity contribution in [2.24, 2.45) is 0 Å². The summed E-state index contributed by atoms with van der Waals surface area (Å²) in [6, 6.07) is 13.5. The Kier molecular flexibility index (Phi) is 7.20. The van der Waals surface area contributed by atoms with Crippen LogP contribution in [0.4, 0.5) is 13.6 Å². The third-order valence-corrected chi connectivity index (χ3v) is 3.57. The summed E-state index contributed by atoms with van der Waals surface area (Å²) in [6.07, 6.45) is 0. The van der Waals surface area contributed by atoms with Gasteiger partial charge in [0.2, 0.25) is 0 Å². The monoisotopic (exact) mass is 364 g/mol. The summed E-state index contributed by atoms with van der Waals surface area (Å²) in [7, 11) is 1.68. The summed E-state index contributed by atoms with van der Waals surface area (Å²) in [6.45, 7) is 0.298. The van der Waals surface area contributed by atoms with Gasteiger partial charge in [-0.25, -0.2) is 4.79 Å². The molecule has 0 fully saturated rings. The van der Waals surface area contributed by atoms with E-state index in [-0.39, 0.29) is 18.3 Å². The lowest BCUT2D eigenvalue weighted by Gasteiger charge is -2.18. The molecule has 1 N–H and O–H groups in total. The van der Waals surface area contributed by atoms with Gasteiger partial charge in [-0.2, -0.15) is 8.78 Å².